The van der Waals surface area contributed by atoms with Crippen molar-refractivity contribution in [2.75, 3.05) is 11.9 Å². The molecule has 6 rings (SSSR count). The SMILES string of the molecule is C[C@H]1O[C@@H](n2cc(-c3ccccc3)c3c(Nc4ccc(CCO)cc4)ncnc32)[C@@H]2OC(C)(C)O[C@@H]21. The van der Waals surface area contributed by atoms with Crippen molar-refractivity contribution < 1.29 is 19.3 Å². The van der Waals surface area contributed by atoms with E-state index in [0.29, 0.717) is 12.2 Å². The molecule has 2 N–H and O–H groups in total. The smallest absolute Gasteiger partial charge is 0.164 e. The van der Waals surface area contributed by atoms with Crippen LogP contribution in [0.5, 0.6) is 0 Å². The van der Waals surface area contributed by atoms with Gasteiger partial charge in [-0.15, -0.1) is 0 Å². The van der Waals surface area contributed by atoms with Gasteiger partial charge in [-0.2, -0.15) is 0 Å². The van der Waals surface area contributed by atoms with Crippen LogP contribution in [0.3, 0.4) is 0 Å². The van der Waals surface area contributed by atoms with Crippen molar-refractivity contribution >= 4 is 22.5 Å². The number of anilines is 2. The summed E-state index contributed by atoms with van der Waals surface area (Å²) >= 11 is 0. The first kappa shape index (κ1) is 23.1. The highest BCUT2D eigenvalue weighted by molar-refractivity contribution is 6.02. The fourth-order valence-electron chi connectivity index (χ4n) is 5.23. The van der Waals surface area contributed by atoms with Crippen molar-refractivity contribution in [2.45, 2.75) is 57.5 Å². The maximum absolute atomic E-state index is 9.21. The topological polar surface area (TPSA) is 90.7 Å². The van der Waals surface area contributed by atoms with Crippen LogP contribution in [-0.4, -0.2) is 50.3 Å². The molecule has 186 valence electrons. The molecule has 8 heteroatoms. The molecule has 2 aliphatic heterocycles. The quantitative estimate of drug-likeness (QED) is 0.404. The summed E-state index contributed by atoms with van der Waals surface area (Å²) < 4.78 is 20.9. The van der Waals surface area contributed by atoms with Gasteiger partial charge in [-0.25, -0.2) is 9.97 Å². The van der Waals surface area contributed by atoms with Gasteiger partial charge in [0, 0.05) is 24.1 Å². The highest BCUT2D eigenvalue weighted by atomic mass is 16.8. The monoisotopic (exact) mass is 486 g/mol. The predicted molar refractivity (Wildman–Crippen MR) is 137 cm³/mol. The molecule has 4 atom stereocenters. The van der Waals surface area contributed by atoms with Crippen LogP contribution in [-0.2, 0) is 20.6 Å². The van der Waals surface area contributed by atoms with Crippen LogP contribution in [0.15, 0.2) is 67.1 Å². The molecule has 0 unspecified atom stereocenters. The number of hydrogen-bond acceptors (Lipinski definition) is 7. The van der Waals surface area contributed by atoms with Gasteiger partial charge >= 0.3 is 0 Å². The molecule has 2 saturated heterocycles. The van der Waals surface area contributed by atoms with E-state index in [4.69, 9.17) is 19.2 Å². The zero-order chi connectivity index (χ0) is 24.9. The largest absolute Gasteiger partial charge is 0.396 e. The molecule has 4 aromatic rings. The van der Waals surface area contributed by atoms with E-state index in [0.717, 1.165) is 33.4 Å². The van der Waals surface area contributed by atoms with Gasteiger partial charge in [0.2, 0.25) is 0 Å². The third-order valence-corrected chi connectivity index (χ3v) is 6.85. The van der Waals surface area contributed by atoms with Crippen LogP contribution in [0.2, 0.25) is 0 Å². The van der Waals surface area contributed by atoms with Gasteiger partial charge in [-0.3, -0.25) is 0 Å². The molecule has 2 aromatic carbocycles. The second-order valence-electron chi connectivity index (χ2n) is 9.83. The zero-order valence-electron chi connectivity index (χ0n) is 20.6. The maximum atomic E-state index is 9.21. The summed E-state index contributed by atoms with van der Waals surface area (Å²) in [6.07, 6.45) is 3.38. The summed E-state index contributed by atoms with van der Waals surface area (Å²) in [5, 5.41) is 13.6. The first-order valence-electron chi connectivity index (χ1n) is 12.3. The third-order valence-electron chi connectivity index (χ3n) is 6.85. The van der Waals surface area contributed by atoms with Gasteiger partial charge < -0.3 is 29.2 Å². The molecule has 4 heterocycles. The lowest BCUT2D eigenvalue weighted by atomic mass is 10.1. The van der Waals surface area contributed by atoms with E-state index in [-0.39, 0.29) is 31.1 Å². The minimum Gasteiger partial charge on any atom is -0.396 e. The number of nitrogens with one attached hydrogen (secondary N) is 1. The zero-order valence-corrected chi connectivity index (χ0v) is 20.6. The molecule has 0 spiro atoms. The maximum Gasteiger partial charge on any atom is 0.164 e. The number of fused-ring (bicyclic) bond motifs is 2. The van der Waals surface area contributed by atoms with Crippen LogP contribution >= 0.6 is 0 Å². The van der Waals surface area contributed by atoms with E-state index < -0.39 is 5.79 Å². The standard InChI is InChI=1S/C28H30N4O4/c1-17-23-24(36-28(2,3)35-23)27(34-17)32-15-21(19-7-5-4-6-8-19)22-25(29-16-30-26(22)32)31-20-11-9-18(10-12-20)13-14-33/h4-12,15-17,23-24,27,33H,13-14H2,1-3H3,(H,29,30,31)/t17-,23-,24-,27-/m1/s1. The molecule has 8 nitrogen and oxygen atoms in total. The van der Waals surface area contributed by atoms with Crippen molar-refractivity contribution in [3.8, 4) is 11.1 Å². The van der Waals surface area contributed by atoms with Crippen LogP contribution in [0.25, 0.3) is 22.2 Å². The Morgan fingerprint density at radius 3 is 2.50 bits per heavy atom. The average molecular weight is 487 g/mol. The Balaban J connectivity index is 1.46. The Hall–Kier alpha value is -3.30. The van der Waals surface area contributed by atoms with Gasteiger partial charge in [0.1, 0.15) is 30.0 Å². The second-order valence-corrected chi connectivity index (χ2v) is 9.83. The highest BCUT2D eigenvalue weighted by Crippen LogP contribution is 2.45. The fraction of sp³-hybridized carbons (Fsp3) is 0.357. The molecule has 0 saturated carbocycles. The van der Waals surface area contributed by atoms with E-state index in [1.807, 2.05) is 63.2 Å². The number of benzene rings is 2. The number of rotatable bonds is 6. The Labute approximate surface area is 209 Å². The number of aromatic nitrogens is 3. The molecule has 0 radical (unpaired) electrons. The number of ether oxygens (including phenoxy) is 3. The molecular weight excluding hydrogens is 456 g/mol. The Bertz CT molecular complexity index is 1370. The minimum atomic E-state index is -0.666. The van der Waals surface area contributed by atoms with Crippen LogP contribution in [0.4, 0.5) is 11.5 Å². The molecule has 0 amide bonds. The first-order chi connectivity index (χ1) is 17.4. The fourth-order valence-corrected chi connectivity index (χ4v) is 5.23. The number of aliphatic hydroxyl groups excluding tert-OH is 1. The van der Waals surface area contributed by atoms with Gasteiger partial charge in [0.15, 0.2) is 12.0 Å². The van der Waals surface area contributed by atoms with Crippen molar-refractivity contribution in [3.63, 3.8) is 0 Å². The summed E-state index contributed by atoms with van der Waals surface area (Å²) in [5.74, 6) is 0.0415. The molecule has 2 aromatic heterocycles. The molecular formula is C28H30N4O4. The molecule has 36 heavy (non-hydrogen) atoms. The van der Waals surface area contributed by atoms with Gasteiger partial charge in [-0.1, -0.05) is 42.5 Å². The minimum absolute atomic E-state index is 0.115. The van der Waals surface area contributed by atoms with Crippen molar-refractivity contribution in [1.29, 1.82) is 0 Å². The van der Waals surface area contributed by atoms with E-state index in [2.05, 4.69) is 33.2 Å². The lowest BCUT2D eigenvalue weighted by molar-refractivity contribution is -0.194. The van der Waals surface area contributed by atoms with E-state index >= 15 is 0 Å². The summed E-state index contributed by atoms with van der Waals surface area (Å²) in [7, 11) is 0. The van der Waals surface area contributed by atoms with E-state index in [9.17, 15) is 5.11 Å². The third kappa shape index (κ3) is 4.06. The van der Waals surface area contributed by atoms with Crippen molar-refractivity contribution in [2.24, 2.45) is 0 Å². The number of hydrogen-bond donors (Lipinski definition) is 2. The van der Waals surface area contributed by atoms with Gasteiger partial charge in [-0.05, 0) is 50.5 Å². The Morgan fingerprint density at radius 1 is 1.00 bits per heavy atom. The first-order valence-corrected chi connectivity index (χ1v) is 12.3. The summed E-state index contributed by atoms with van der Waals surface area (Å²) in [4.78, 5) is 9.32. The summed E-state index contributed by atoms with van der Waals surface area (Å²) in [6.45, 7) is 6.03. The Kier molecular flexibility index (Phi) is 5.76. The van der Waals surface area contributed by atoms with E-state index in [1.165, 1.54) is 0 Å². The second kappa shape index (κ2) is 8.97. The molecule has 0 bridgehead atoms. The molecule has 0 aliphatic carbocycles. The summed E-state index contributed by atoms with van der Waals surface area (Å²) in [6, 6.07) is 18.2. The Morgan fingerprint density at radius 2 is 1.75 bits per heavy atom. The normalized spacial score (nSPS) is 24.8. The predicted octanol–water partition coefficient (Wildman–Crippen LogP) is 4.81. The van der Waals surface area contributed by atoms with Crippen LogP contribution in [0.1, 0.15) is 32.6 Å². The highest BCUT2D eigenvalue weighted by Gasteiger charge is 2.54. The van der Waals surface area contributed by atoms with Crippen LogP contribution < -0.4 is 5.32 Å². The van der Waals surface area contributed by atoms with E-state index in [1.54, 1.807) is 6.33 Å². The van der Waals surface area contributed by atoms with Gasteiger partial charge in [0.25, 0.3) is 0 Å². The van der Waals surface area contributed by atoms with Gasteiger partial charge in [0.05, 0.1) is 11.5 Å². The summed E-state index contributed by atoms with van der Waals surface area (Å²) in [5.41, 5.74) is 4.81. The van der Waals surface area contributed by atoms with Crippen molar-refractivity contribution in [3.05, 3.63) is 72.7 Å². The average Bonchev–Trinajstić information content (AvgIpc) is 3.51. The molecule has 2 aliphatic rings. The molecule has 2 fully saturated rings. The lowest BCUT2D eigenvalue weighted by Crippen LogP contribution is -2.27. The number of nitrogens with zero attached hydrogens (tertiary/aromatic N) is 3. The lowest BCUT2D eigenvalue weighted by Gasteiger charge is -2.24. The van der Waals surface area contributed by atoms with Crippen LogP contribution in [0, 0.1) is 0 Å². The van der Waals surface area contributed by atoms with Crippen molar-refractivity contribution in [1.82, 2.24) is 14.5 Å². The number of aliphatic hydroxyl groups is 1.